The van der Waals surface area contributed by atoms with Crippen LogP contribution in [0.15, 0.2) is 30.3 Å². The highest BCUT2D eigenvalue weighted by Gasteiger charge is 2.13. The third-order valence-electron chi connectivity index (χ3n) is 3.17. The Morgan fingerprint density at radius 2 is 1.80 bits per heavy atom. The van der Waals surface area contributed by atoms with Crippen LogP contribution in [-0.4, -0.2) is 13.9 Å². The van der Waals surface area contributed by atoms with Crippen molar-refractivity contribution < 1.29 is 4.79 Å². The molecule has 0 radical (unpaired) electrons. The molecule has 0 saturated heterocycles. The maximum atomic E-state index is 11.4. The first-order chi connectivity index (χ1) is 9.38. The van der Waals surface area contributed by atoms with E-state index >= 15 is 0 Å². The fraction of sp³-hybridized carbons (Fsp3) is 0.500. The first kappa shape index (κ1) is 16.7. The van der Waals surface area contributed by atoms with Crippen LogP contribution in [0.5, 0.6) is 0 Å². The summed E-state index contributed by atoms with van der Waals surface area (Å²) in [5.41, 5.74) is 1.26. The molecule has 0 aliphatic carbocycles. The molecule has 0 amide bonds. The van der Waals surface area contributed by atoms with Crippen LogP contribution < -0.4 is 0 Å². The van der Waals surface area contributed by atoms with Crippen LogP contribution >= 0.6 is 0 Å². The van der Waals surface area contributed by atoms with Crippen LogP contribution in [0.4, 0.5) is 0 Å². The Bertz CT molecular complexity index is 474. The lowest BCUT2D eigenvalue weighted by molar-refractivity contribution is -0.117. The summed E-state index contributed by atoms with van der Waals surface area (Å²) in [6.45, 7) is 8.69. The molecule has 0 saturated carbocycles. The number of benzene rings is 1. The molecule has 0 N–H and O–H groups in total. The highest BCUT2D eigenvalue weighted by molar-refractivity contribution is 6.76. The molecule has 20 heavy (non-hydrogen) atoms. The van der Waals surface area contributed by atoms with Gasteiger partial charge in [0.05, 0.1) is 8.07 Å². The number of ketones is 1. The van der Waals surface area contributed by atoms with E-state index in [4.69, 9.17) is 0 Å². The van der Waals surface area contributed by atoms with Gasteiger partial charge in [0.2, 0.25) is 0 Å². The molecular formula is C18H26OSi. The summed E-state index contributed by atoms with van der Waals surface area (Å²) in [5, 5.41) is 0. The number of carbonyl (C=O) groups is 1. The highest BCUT2D eigenvalue weighted by atomic mass is 28.3. The lowest BCUT2D eigenvalue weighted by Gasteiger charge is -2.14. The van der Waals surface area contributed by atoms with Crippen LogP contribution in [0.1, 0.15) is 37.7 Å². The largest absolute Gasteiger partial charge is 0.300 e. The Labute approximate surface area is 124 Å². The molecule has 0 bridgehead atoms. The van der Waals surface area contributed by atoms with Gasteiger partial charge in [0, 0.05) is 18.9 Å². The predicted molar refractivity (Wildman–Crippen MR) is 89.6 cm³/mol. The molecule has 0 aromatic heterocycles. The van der Waals surface area contributed by atoms with Crippen molar-refractivity contribution in [3.8, 4) is 11.8 Å². The van der Waals surface area contributed by atoms with Crippen molar-refractivity contribution in [1.29, 1.82) is 0 Å². The molecule has 0 spiro atoms. The van der Waals surface area contributed by atoms with Crippen LogP contribution in [0.3, 0.4) is 0 Å². The number of Topliss-reactive ketones (excluding diaryl/α,β-unsaturated/α-hetero) is 1. The van der Waals surface area contributed by atoms with Gasteiger partial charge in [0.15, 0.2) is 0 Å². The smallest absolute Gasteiger partial charge is 0.130 e. The third kappa shape index (κ3) is 7.30. The van der Waals surface area contributed by atoms with Gasteiger partial charge in [0.1, 0.15) is 5.78 Å². The van der Waals surface area contributed by atoms with Gasteiger partial charge in [-0.3, -0.25) is 0 Å². The molecule has 2 heteroatoms. The summed E-state index contributed by atoms with van der Waals surface area (Å²) in [5.74, 6) is 7.17. The van der Waals surface area contributed by atoms with Gasteiger partial charge in [-0.05, 0) is 24.8 Å². The molecule has 1 unspecified atom stereocenters. The molecule has 1 nitrogen and oxygen atoms in total. The van der Waals surface area contributed by atoms with E-state index in [1.807, 2.05) is 18.2 Å². The molecule has 1 aromatic carbocycles. The first-order valence-corrected chi connectivity index (χ1v) is 11.1. The normalized spacial score (nSPS) is 12.4. The summed E-state index contributed by atoms with van der Waals surface area (Å²) in [4.78, 5) is 11.4. The fourth-order valence-corrected chi connectivity index (χ4v) is 2.78. The zero-order valence-electron chi connectivity index (χ0n) is 13.2. The summed E-state index contributed by atoms with van der Waals surface area (Å²) in [6, 6.07) is 11.4. The summed E-state index contributed by atoms with van der Waals surface area (Å²) < 4.78 is 0. The fourth-order valence-electron chi connectivity index (χ4n) is 2.12. The van der Waals surface area contributed by atoms with E-state index in [2.05, 4.69) is 43.6 Å². The molecule has 0 fully saturated rings. The number of carbonyl (C=O) groups excluding carboxylic acids is 1. The van der Waals surface area contributed by atoms with Crippen molar-refractivity contribution in [3.63, 3.8) is 0 Å². The van der Waals surface area contributed by atoms with Crippen molar-refractivity contribution in [1.82, 2.24) is 0 Å². The van der Waals surface area contributed by atoms with Gasteiger partial charge >= 0.3 is 0 Å². The van der Waals surface area contributed by atoms with Crippen molar-refractivity contribution in [3.05, 3.63) is 35.9 Å². The van der Waals surface area contributed by atoms with Gasteiger partial charge in [-0.1, -0.05) is 50.0 Å². The molecule has 0 heterocycles. The Hall–Kier alpha value is -1.33. The Morgan fingerprint density at radius 3 is 2.35 bits per heavy atom. The minimum absolute atomic E-state index is 0.258. The van der Waals surface area contributed by atoms with Gasteiger partial charge < -0.3 is 4.79 Å². The number of rotatable bonds is 6. The van der Waals surface area contributed by atoms with Crippen molar-refractivity contribution in [2.45, 2.75) is 57.8 Å². The van der Waals surface area contributed by atoms with E-state index in [0.717, 1.165) is 18.9 Å². The van der Waals surface area contributed by atoms with Crippen LogP contribution in [-0.2, 0) is 4.79 Å². The molecule has 0 aliphatic heterocycles. The zero-order chi connectivity index (χ0) is 15.0. The predicted octanol–water partition coefficient (Wildman–Crippen LogP) is 4.87. The first-order valence-electron chi connectivity index (χ1n) is 7.38. The minimum atomic E-state index is -1.05. The van der Waals surface area contributed by atoms with Crippen LogP contribution in [0, 0.1) is 11.8 Å². The molecule has 1 atom stereocenters. The van der Waals surface area contributed by atoms with Crippen LogP contribution in [0.25, 0.3) is 0 Å². The SMILES string of the molecule is CC(=O)CC(CCC#CC[Si](C)(C)C)c1ccccc1. The van der Waals surface area contributed by atoms with Crippen molar-refractivity contribution in [2.24, 2.45) is 0 Å². The maximum absolute atomic E-state index is 11.4. The molecule has 1 aromatic rings. The van der Waals surface area contributed by atoms with Gasteiger partial charge in [-0.25, -0.2) is 0 Å². The van der Waals surface area contributed by atoms with Crippen LogP contribution in [0.2, 0.25) is 25.7 Å². The number of hydrogen-bond donors (Lipinski definition) is 0. The van der Waals surface area contributed by atoms with E-state index in [1.54, 1.807) is 6.92 Å². The minimum Gasteiger partial charge on any atom is -0.300 e. The molecule has 0 aliphatic rings. The maximum Gasteiger partial charge on any atom is 0.130 e. The number of hydrogen-bond acceptors (Lipinski definition) is 1. The standard InChI is InChI=1S/C18H26OSi/c1-16(19)15-18(17-11-7-5-8-12-17)13-9-6-10-14-20(2,3)4/h5,7-8,11-12,18H,9,13-15H2,1-4H3. The second-order valence-electron chi connectivity index (χ2n) is 6.64. The van der Waals surface area contributed by atoms with E-state index in [1.165, 1.54) is 5.56 Å². The Balaban J connectivity index is 2.56. The third-order valence-corrected chi connectivity index (χ3v) is 4.40. The summed E-state index contributed by atoms with van der Waals surface area (Å²) >= 11 is 0. The van der Waals surface area contributed by atoms with Gasteiger partial charge in [-0.2, -0.15) is 0 Å². The quantitative estimate of drug-likeness (QED) is 0.538. The molecule has 108 valence electrons. The van der Waals surface area contributed by atoms with Gasteiger partial charge in [0.25, 0.3) is 0 Å². The second-order valence-corrected chi connectivity index (χ2v) is 12.1. The van der Waals surface area contributed by atoms with E-state index in [9.17, 15) is 4.79 Å². The highest BCUT2D eigenvalue weighted by Crippen LogP contribution is 2.24. The molecular weight excluding hydrogens is 260 g/mol. The van der Waals surface area contributed by atoms with E-state index in [0.29, 0.717) is 12.3 Å². The summed E-state index contributed by atoms with van der Waals surface area (Å²) in [7, 11) is -1.05. The average Bonchev–Trinajstić information content (AvgIpc) is 2.36. The lowest BCUT2D eigenvalue weighted by atomic mass is 9.90. The monoisotopic (exact) mass is 286 g/mol. The Morgan fingerprint density at radius 1 is 1.15 bits per heavy atom. The molecule has 1 rings (SSSR count). The van der Waals surface area contributed by atoms with Crippen molar-refractivity contribution in [2.75, 3.05) is 0 Å². The van der Waals surface area contributed by atoms with Gasteiger partial charge in [-0.15, -0.1) is 11.8 Å². The summed E-state index contributed by atoms with van der Waals surface area (Å²) in [6.07, 6.45) is 2.49. The van der Waals surface area contributed by atoms with Crippen molar-refractivity contribution >= 4 is 13.9 Å². The lowest BCUT2D eigenvalue weighted by Crippen LogP contribution is -2.17. The average molecular weight is 286 g/mol. The van der Waals surface area contributed by atoms with E-state index in [-0.39, 0.29) is 5.78 Å². The second kappa shape index (κ2) is 8.07. The topological polar surface area (TPSA) is 17.1 Å². The van der Waals surface area contributed by atoms with E-state index < -0.39 is 8.07 Å². The zero-order valence-corrected chi connectivity index (χ0v) is 14.2. The Kier molecular flexibility index (Phi) is 6.74.